The number of hydrogen-bond donors (Lipinski definition) is 1. The summed E-state index contributed by atoms with van der Waals surface area (Å²) in [6.07, 6.45) is 2.02. The fraction of sp³-hybridized carbons (Fsp3) is 0.385. The van der Waals surface area contributed by atoms with Gasteiger partial charge in [-0.1, -0.05) is 6.92 Å². The Morgan fingerprint density at radius 1 is 1.17 bits per heavy atom. The molecule has 0 amide bonds. The zero-order valence-corrected chi connectivity index (χ0v) is 10.9. The lowest BCUT2D eigenvalue weighted by Gasteiger charge is -2.19. The summed E-state index contributed by atoms with van der Waals surface area (Å²) in [5, 5.41) is 9.82. The molecule has 1 aliphatic carbocycles. The molecule has 1 N–H and O–H groups in total. The maximum atomic E-state index is 12.1. The van der Waals surface area contributed by atoms with Crippen molar-refractivity contribution in [2.45, 2.75) is 20.3 Å². The van der Waals surface area contributed by atoms with Gasteiger partial charge in [0.1, 0.15) is 5.76 Å². The summed E-state index contributed by atoms with van der Waals surface area (Å²) in [5.41, 5.74) is 0.124. The van der Waals surface area contributed by atoms with Crippen molar-refractivity contribution in [3.8, 4) is 0 Å². The van der Waals surface area contributed by atoms with E-state index in [0.29, 0.717) is 6.42 Å². The van der Waals surface area contributed by atoms with E-state index in [9.17, 15) is 14.7 Å². The molecule has 0 fully saturated rings. The largest absolute Gasteiger partial charge is 0.508 e. The number of aliphatic hydroxyl groups excluding tert-OH is 1. The summed E-state index contributed by atoms with van der Waals surface area (Å²) in [5.74, 6) is -1.53. The van der Waals surface area contributed by atoms with Crippen LogP contribution in [0, 0.1) is 0 Å². The Hall–Kier alpha value is -2.04. The van der Waals surface area contributed by atoms with Crippen molar-refractivity contribution in [3.63, 3.8) is 0 Å². The van der Waals surface area contributed by atoms with E-state index in [0.717, 1.165) is 0 Å². The first-order valence-electron chi connectivity index (χ1n) is 5.51. The van der Waals surface area contributed by atoms with Crippen LogP contribution in [0.1, 0.15) is 20.3 Å². The maximum absolute atomic E-state index is 12.1. The molecule has 0 saturated heterocycles. The van der Waals surface area contributed by atoms with Crippen molar-refractivity contribution >= 4 is 11.6 Å². The molecular formula is C13H16O5. The van der Waals surface area contributed by atoms with E-state index in [2.05, 4.69) is 0 Å². The topological polar surface area (TPSA) is 72.8 Å². The predicted molar refractivity (Wildman–Crippen MR) is 64.8 cm³/mol. The summed E-state index contributed by atoms with van der Waals surface area (Å²) in [6.45, 7) is 3.29. The molecule has 0 bridgehead atoms. The van der Waals surface area contributed by atoms with E-state index >= 15 is 0 Å². The van der Waals surface area contributed by atoms with Crippen molar-refractivity contribution in [2.75, 3.05) is 14.2 Å². The van der Waals surface area contributed by atoms with E-state index in [1.54, 1.807) is 0 Å². The average Bonchev–Trinajstić information content (AvgIpc) is 2.34. The summed E-state index contributed by atoms with van der Waals surface area (Å²) < 4.78 is 9.78. The third kappa shape index (κ3) is 2.16. The summed E-state index contributed by atoms with van der Waals surface area (Å²) in [4.78, 5) is 24.1. The standard InChI is InChI=1S/C13H16O5/c1-5-6-8(14)9-7(2)10(15)12(17-3)13(18-4)11(9)16/h6,14H,5H2,1-4H3. The number of allylic oxidation sites excluding steroid dienone is 4. The van der Waals surface area contributed by atoms with E-state index in [1.807, 2.05) is 6.92 Å². The summed E-state index contributed by atoms with van der Waals surface area (Å²) >= 11 is 0. The van der Waals surface area contributed by atoms with Crippen molar-refractivity contribution in [3.05, 3.63) is 34.5 Å². The molecule has 0 aromatic carbocycles. The van der Waals surface area contributed by atoms with Crippen molar-refractivity contribution in [1.29, 1.82) is 0 Å². The summed E-state index contributed by atoms with van der Waals surface area (Å²) in [6, 6.07) is 0. The second-order valence-electron chi connectivity index (χ2n) is 3.72. The molecular weight excluding hydrogens is 236 g/mol. The Kier molecular flexibility index (Phi) is 4.31. The van der Waals surface area contributed by atoms with Crippen LogP contribution in [0.5, 0.6) is 0 Å². The van der Waals surface area contributed by atoms with Gasteiger partial charge in [0.25, 0.3) is 0 Å². The molecule has 0 heterocycles. The molecule has 0 unspecified atom stereocenters. The molecule has 0 atom stereocenters. The van der Waals surface area contributed by atoms with Gasteiger partial charge in [0.15, 0.2) is 0 Å². The number of Topliss-reactive ketones (excluding diaryl/α,β-unsaturated/α-hetero) is 2. The molecule has 0 aliphatic heterocycles. The molecule has 5 nitrogen and oxygen atoms in total. The van der Waals surface area contributed by atoms with Gasteiger partial charge in [-0.3, -0.25) is 9.59 Å². The Balaban J connectivity index is 3.40. The second kappa shape index (κ2) is 5.53. The highest BCUT2D eigenvalue weighted by Crippen LogP contribution is 2.28. The highest BCUT2D eigenvalue weighted by Gasteiger charge is 2.36. The summed E-state index contributed by atoms with van der Waals surface area (Å²) in [7, 11) is 2.57. The maximum Gasteiger partial charge on any atom is 0.235 e. The Bertz CT molecular complexity index is 480. The molecule has 1 rings (SSSR count). The number of ether oxygens (including phenoxy) is 2. The van der Waals surface area contributed by atoms with Crippen LogP contribution in [0.4, 0.5) is 0 Å². The van der Waals surface area contributed by atoms with E-state index in [1.165, 1.54) is 27.2 Å². The number of methoxy groups -OCH3 is 2. The van der Waals surface area contributed by atoms with Gasteiger partial charge in [-0.05, 0) is 19.4 Å². The normalized spacial score (nSPS) is 17.4. The fourth-order valence-electron chi connectivity index (χ4n) is 1.75. The zero-order valence-electron chi connectivity index (χ0n) is 10.9. The molecule has 0 aromatic rings. The van der Waals surface area contributed by atoms with Gasteiger partial charge >= 0.3 is 0 Å². The minimum Gasteiger partial charge on any atom is -0.508 e. The highest BCUT2D eigenvalue weighted by atomic mass is 16.5. The average molecular weight is 252 g/mol. The van der Waals surface area contributed by atoms with E-state index in [-0.39, 0.29) is 28.4 Å². The first-order valence-corrected chi connectivity index (χ1v) is 5.51. The smallest absolute Gasteiger partial charge is 0.235 e. The Morgan fingerprint density at radius 2 is 1.67 bits per heavy atom. The number of carbonyl (C=O) groups is 2. The zero-order chi connectivity index (χ0) is 13.9. The third-order valence-electron chi connectivity index (χ3n) is 2.62. The quantitative estimate of drug-likeness (QED) is 0.610. The van der Waals surface area contributed by atoms with Crippen LogP contribution in [0.25, 0.3) is 0 Å². The van der Waals surface area contributed by atoms with Gasteiger partial charge in [-0.2, -0.15) is 0 Å². The number of rotatable bonds is 4. The van der Waals surface area contributed by atoms with Gasteiger partial charge < -0.3 is 14.6 Å². The molecule has 0 radical (unpaired) electrons. The number of aliphatic hydroxyl groups is 1. The molecule has 0 aromatic heterocycles. The van der Waals surface area contributed by atoms with Crippen LogP contribution in [0.2, 0.25) is 0 Å². The number of hydrogen-bond acceptors (Lipinski definition) is 5. The lowest BCUT2D eigenvalue weighted by atomic mass is 9.91. The second-order valence-corrected chi connectivity index (χ2v) is 3.72. The van der Waals surface area contributed by atoms with Gasteiger partial charge in [-0.25, -0.2) is 0 Å². The van der Waals surface area contributed by atoms with E-state index < -0.39 is 11.6 Å². The molecule has 5 heteroatoms. The van der Waals surface area contributed by atoms with Crippen LogP contribution < -0.4 is 0 Å². The lowest BCUT2D eigenvalue weighted by molar-refractivity contribution is -0.121. The van der Waals surface area contributed by atoms with Crippen LogP contribution >= 0.6 is 0 Å². The Morgan fingerprint density at radius 3 is 2.11 bits per heavy atom. The fourth-order valence-corrected chi connectivity index (χ4v) is 1.75. The Labute approximate surface area is 105 Å². The monoisotopic (exact) mass is 252 g/mol. The molecule has 0 spiro atoms. The van der Waals surface area contributed by atoms with Gasteiger partial charge in [0.05, 0.1) is 19.8 Å². The molecule has 0 saturated carbocycles. The number of ketones is 2. The van der Waals surface area contributed by atoms with Crippen LogP contribution in [0.3, 0.4) is 0 Å². The van der Waals surface area contributed by atoms with Gasteiger partial charge in [0, 0.05) is 5.57 Å². The van der Waals surface area contributed by atoms with Crippen molar-refractivity contribution < 1.29 is 24.2 Å². The number of carbonyl (C=O) groups excluding carboxylic acids is 2. The molecule has 18 heavy (non-hydrogen) atoms. The first kappa shape index (κ1) is 14.0. The predicted octanol–water partition coefficient (Wildman–Crippen LogP) is 1.81. The van der Waals surface area contributed by atoms with E-state index in [4.69, 9.17) is 9.47 Å². The van der Waals surface area contributed by atoms with Crippen LogP contribution in [-0.4, -0.2) is 30.9 Å². The minimum atomic E-state index is -0.548. The lowest BCUT2D eigenvalue weighted by Crippen LogP contribution is -2.25. The minimum absolute atomic E-state index is 0.0282. The van der Waals surface area contributed by atoms with Crippen molar-refractivity contribution in [1.82, 2.24) is 0 Å². The van der Waals surface area contributed by atoms with Gasteiger partial charge in [-0.15, -0.1) is 0 Å². The molecule has 1 aliphatic rings. The SMILES string of the molecule is CCC=C(O)C1=C(C)C(=O)C(OC)=C(OC)C1=O. The highest BCUT2D eigenvalue weighted by molar-refractivity contribution is 6.24. The van der Waals surface area contributed by atoms with Crippen LogP contribution in [-0.2, 0) is 19.1 Å². The van der Waals surface area contributed by atoms with Crippen LogP contribution in [0.15, 0.2) is 34.5 Å². The van der Waals surface area contributed by atoms with Crippen molar-refractivity contribution in [2.24, 2.45) is 0 Å². The first-order chi connectivity index (χ1) is 8.49. The molecule has 98 valence electrons. The van der Waals surface area contributed by atoms with Gasteiger partial charge in [0.2, 0.25) is 23.1 Å². The third-order valence-corrected chi connectivity index (χ3v) is 2.62.